The Labute approximate surface area is 107 Å². The standard InChI is InChI=1S/C15H18N2O/c1-3-13-15(9-6-10-16-13)11-7-4-5-8-12(11)17(2)14(15)18/h3-5,7-8,13,16H,1,6,9-10H2,2H3/t13-,15?/m1/s1. The molecule has 94 valence electrons. The van der Waals surface area contributed by atoms with Crippen molar-refractivity contribution >= 4 is 11.6 Å². The van der Waals surface area contributed by atoms with Crippen molar-refractivity contribution in [3.05, 3.63) is 42.5 Å². The van der Waals surface area contributed by atoms with Gasteiger partial charge in [0.25, 0.3) is 0 Å². The number of carbonyl (C=O) groups is 1. The highest BCUT2D eigenvalue weighted by atomic mass is 16.2. The molecule has 2 atom stereocenters. The molecule has 1 fully saturated rings. The molecule has 1 aromatic carbocycles. The lowest BCUT2D eigenvalue weighted by Crippen LogP contribution is -2.56. The highest BCUT2D eigenvalue weighted by Crippen LogP contribution is 2.47. The molecule has 2 heterocycles. The number of rotatable bonds is 1. The van der Waals surface area contributed by atoms with Crippen molar-refractivity contribution in [2.75, 3.05) is 18.5 Å². The smallest absolute Gasteiger partial charge is 0.239 e. The number of carbonyl (C=O) groups excluding carboxylic acids is 1. The van der Waals surface area contributed by atoms with Crippen LogP contribution in [0.1, 0.15) is 18.4 Å². The molecule has 0 aliphatic carbocycles. The van der Waals surface area contributed by atoms with Crippen LogP contribution in [0.4, 0.5) is 5.69 Å². The van der Waals surface area contributed by atoms with E-state index in [1.54, 1.807) is 4.90 Å². The number of fused-ring (bicyclic) bond motifs is 2. The summed E-state index contributed by atoms with van der Waals surface area (Å²) in [5.74, 6) is 0.195. The minimum absolute atomic E-state index is 0.0323. The number of para-hydroxylation sites is 1. The maximum atomic E-state index is 12.7. The molecule has 0 radical (unpaired) electrons. The van der Waals surface area contributed by atoms with E-state index in [4.69, 9.17) is 0 Å². The van der Waals surface area contributed by atoms with Crippen LogP contribution in [0.2, 0.25) is 0 Å². The number of likely N-dealkylation sites (N-methyl/N-ethyl adjacent to an activating group) is 1. The van der Waals surface area contributed by atoms with Crippen LogP contribution < -0.4 is 10.2 Å². The van der Waals surface area contributed by atoms with E-state index < -0.39 is 5.41 Å². The Morgan fingerprint density at radius 2 is 2.28 bits per heavy atom. The number of hydrogen-bond donors (Lipinski definition) is 1. The van der Waals surface area contributed by atoms with Gasteiger partial charge in [0.15, 0.2) is 0 Å². The summed E-state index contributed by atoms with van der Waals surface area (Å²) >= 11 is 0. The highest BCUT2D eigenvalue weighted by molar-refractivity contribution is 6.08. The first-order valence-electron chi connectivity index (χ1n) is 6.45. The van der Waals surface area contributed by atoms with Crippen LogP contribution in [0.3, 0.4) is 0 Å². The first-order chi connectivity index (χ1) is 8.71. The molecule has 1 amide bonds. The van der Waals surface area contributed by atoms with Crippen LogP contribution in [0.25, 0.3) is 0 Å². The number of amides is 1. The summed E-state index contributed by atoms with van der Waals surface area (Å²) in [6.45, 7) is 4.86. The number of piperidine rings is 1. The van der Waals surface area contributed by atoms with E-state index in [1.165, 1.54) is 0 Å². The predicted octanol–water partition coefficient (Wildman–Crippen LogP) is 1.84. The molecule has 2 aliphatic rings. The van der Waals surface area contributed by atoms with E-state index in [0.29, 0.717) is 0 Å². The van der Waals surface area contributed by atoms with Crippen LogP contribution in [-0.2, 0) is 10.2 Å². The number of nitrogens with zero attached hydrogens (tertiary/aromatic N) is 1. The van der Waals surface area contributed by atoms with Gasteiger partial charge in [-0.25, -0.2) is 0 Å². The summed E-state index contributed by atoms with van der Waals surface area (Å²) < 4.78 is 0. The molecule has 18 heavy (non-hydrogen) atoms. The van der Waals surface area contributed by atoms with Gasteiger partial charge in [0.2, 0.25) is 5.91 Å². The monoisotopic (exact) mass is 242 g/mol. The van der Waals surface area contributed by atoms with Crippen molar-refractivity contribution in [3.8, 4) is 0 Å². The summed E-state index contributed by atoms with van der Waals surface area (Å²) in [6, 6.07) is 8.14. The lowest BCUT2D eigenvalue weighted by molar-refractivity contribution is -0.124. The number of benzene rings is 1. The first-order valence-corrected chi connectivity index (χ1v) is 6.45. The molecule has 1 N–H and O–H groups in total. The van der Waals surface area contributed by atoms with Gasteiger partial charge in [-0.05, 0) is 31.0 Å². The van der Waals surface area contributed by atoms with Crippen molar-refractivity contribution in [2.45, 2.75) is 24.3 Å². The normalized spacial score (nSPS) is 30.6. The molecule has 1 spiro atoms. The van der Waals surface area contributed by atoms with Gasteiger partial charge in [-0.3, -0.25) is 4.79 Å². The number of anilines is 1. The molecule has 1 aromatic rings. The fourth-order valence-electron chi connectivity index (χ4n) is 3.45. The highest BCUT2D eigenvalue weighted by Gasteiger charge is 2.54. The van der Waals surface area contributed by atoms with Gasteiger partial charge < -0.3 is 10.2 Å². The van der Waals surface area contributed by atoms with Gasteiger partial charge in [-0.1, -0.05) is 24.3 Å². The Hall–Kier alpha value is -1.61. The van der Waals surface area contributed by atoms with E-state index in [9.17, 15) is 4.79 Å². The molecule has 2 aliphatic heterocycles. The van der Waals surface area contributed by atoms with Crippen molar-refractivity contribution in [3.63, 3.8) is 0 Å². The van der Waals surface area contributed by atoms with E-state index in [-0.39, 0.29) is 11.9 Å². The molecule has 1 unspecified atom stereocenters. The van der Waals surface area contributed by atoms with Gasteiger partial charge in [0.05, 0.1) is 5.41 Å². The van der Waals surface area contributed by atoms with E-state index in [0.717, 1.165) is 30.6 Å². The molecule has 0 saturated carbocycles. The molecule has 3 heteroatoms. The first kappa shape index (κ1) is 11.5. The van der Waals surface area contributed by atoms with Gasteiger partial charge >= 0.3 is 0 Å². The zero-order valence-corrected chi connectivity index (χ0v) is 10.6. The molecule has 1 saturated heterocycles. The largest absolute Gasteiger partial charge is 0.314 e. The predicted molar refractivity (Wildman–Crippen MR) is 72.8 cm³/mol. The summed E-state index contributed by atoms with van der Waals surface area (Å²) in [4.78, 5) is 14.5. The third-order valence-electron chi connectivity index (χ3n) is 4.31. The van der Waals surface area contributed by atoms with Crippen molar-refractivity contribution in [2.24, 2.45) is 0 Å². The maximum Gasteiger partial charge on any atom is 0.239 e. The van der Waals surface area contributed by atoms with Gasteiger partial charge in [0.1, 0.15) is 0 Å². The second kappa shape index (κ2) is 3.95. The molecular formula is C15H18N2O. The summed E-state index contributed by atoms with van der Waals surface area (Å²) in [5.41, 5.74) is 1.75. The fourth-order valence-corrected chi connectivity index (χ4v) is 3.45. The summed E-state index contributed by atoms with van der Waals surface area (Å²) in [5, 5.41) is 3.43. The van der Waals surface area contributed by atoms with Crippen LogP contribution >= 0.6 is 0 Å². The second-order valence-corrected chi connectivity index (χ2v) is 5.12. The van der Waals surface area contributed by atoms with Crippen LogP contribution in [-0.4, -0.2) is 25.5 Å². The average Bonchev–Trinajstić information content (AvgIpc) is 2.64. The third-order valence-corrected chi connectivity index (χ3v) is 4.31. The molecule has 3 nitrogen and oxygen atoms in total. The molecule has 0 aromatic heterocycles. The minimum atomic E-state index is -0.439. The lowest BCUT2D eigenvalue weighted by atomic mass is 9.70. The Morgan fingerprint density at radius 1 is 1.50 bits per heavy atom. The molecule has 3 rings (SSSR count). The SMILES string of the molecule is C=C[C@H]1NCCCC12C(=O)N(C)c1ccccc12. The van der Waals surface area contributed by atoms with Gasteiger partial charge in [0, 0.05) is 18.8 Å². The molecule has 0 bridgehead atoms. The second-order valence-electron chi connectivity index (χ2n) is 5.12. The summed E-state index contributed by atoms with van der Waals surface area (Å²) in [7, 11) is 1.87. The van der Waals surface area contributed by atoms with Crippen molar-refractivity contribution in [1.82, 2.24) is 5.32 Å². The van der Waals surface area contributed by atoms with Crippen LogP contribution in [0.15, 0.2) is 36.9 Å². The average molecular weight is 242 g/mol. The minimum Gasteiger partial charge on any atom is -0.314 e. The Morgan fingerprint density at radius 3 is 3.06 bits per heavy atom. The van der Waals surface area contributed by atoms with E-state index >= 15 is 0 Å². The molecular weight excluding hydrogens is 224 g/mol. The van der Waals surface area contributed by atoms with Crippen molar-refractivity contribution in [1.29, 1.82) is 0 Å². The summed E-state index contributed by atoms with van der Waals surface area (Å²) in [6.07, 6.45) is 3.81. The van der Waals surface area contributed by atoms with Gasteiger partial charge in [-0.15, -0.1) is 6.58 Å². The Kier molecular flexibility index (Phi) is 2.52. The Balaban J connectivity index is 2.21. The third kappa shape index (κ3) is 1.25. The van der Waals surface area contributed by atoms with Crippen LogP contribution in [0, 0.1) is 0 Å². The zero-order valence-electron chi connectivity index (χ0n) is 10.6. The number of hydrogen-bond acceptors (Lipinski definition) is 2. The van der Waals surface area contributed by atoms with E-state index in [2.05, 4.69) is 18.0 Å². The zero-order chi connectivity index (χ0) is 12.8. The van der Waals surface area contributed by atoms with Gasteiger partial charge in [-0.2, -0.15) is 0 Å². The quantitative estimate of drug-likeness (QED) is 0.762. The Bertz CT molecular complexity index is 511. The fraction of sp³-hybridized carbons (Fsp3) is 0.400. The number of nitrogens with one attached hydrogen (secondary N) is 1. The van der Waals surface area contributed by atoms with Crippen molar-refractivity contribution < 1.29 is 4.79 Å². The van der Waals surface area contributed by atoms with Crippen LogP contribution in [0.5, 0.6) is 0 Å². The lowest BCUT2D eigenvalue weighted by Gasteiger charge is -2.39. The maximum absolute atomic E-state index is 12.7. The van der Waals surface area contributed by atoms with E-state index in [1.807, 2.05) is 31.3 Å². The topological polar surface area (TPSA) is 32.3 Å².